The molecular weight excluding hydrogens is 386 g/mol. The lowest BCUT2D eigenvalue weighted by atomic mass is 9.82. The molecule has 0 fully saturated rings. The van der Waals surface area contributed by atoms with Crippen LogP contribution in [-0.4, -0.2) is 30.6 Å². The minimum Gasteiger partial charge on any atom is -0.398 e. The Hall–Kier alpha value is -3.15. The molecule has 6 heteroatoms. The van der Waals surface area contributed by atoms with Gasteiger partial charge in [-0.1, -0.05) is 36.4 Å². The standard InChI is InChI=1S/C23H21N3O2.ClH/c1-26(2)13-14-6-5-7-15(12-14)25-19-11-10-18(24)20-21(19)23(28)17-9-4-3-8-16(17)22(20)27;/h3-12,25H,13,24H2,1-2H3;1H. The zero-order valence-corrected chi connectivity index (χ0v) is 17.0. The van der Waals surface area contributed by atoms with Gasteiger partial charge in [0.1, 0.15) is 0 Å². The summed E-state index contributed by atoms with van der Waals surface area (Å²) in [6, 6.07) is 18.3. The van der Waals surface area contributed by atoms with E-state index in [2.05, 4.69) is 16.3 Å². The summed E-state index contributed by atoms with van der Waals surface area (Å²) in [4.78, 5) is 28.3. The maximum Gasteiger partial charge on any atom is 0.196 e. The quantitative estimate of drug-likeness (QED) is 0.494. The highest BCUT2D eigenvalue weighted by molar-refractivity contribution is 6.31. The third kappa shape index (κ3) is 3.75. The molecule has 1 aliphatic carbocycles. The van der Waals surface area contributed by atoms with Crippen LogP contribution in [0.4, 0.5) is 17.1 Å². The van der Waals surface area contributed by atoms with E-state index in [9.17, 15) is 9.59 Å². The summed E-state index contributed by atoms with van der Waals surface area (Å²) in [6.45, 7) is 0.806. The van der Waals surface area contributed by atoms with Crippen LogP contribution in [0.1, 0.15) is 37.4 Å². The lowest BCUT2D eigenvalue weighted by Gasteiger charge is -2.22. The van der Waals surface area contributed by atoms with Crippen LogP contribution in [0.5, 0.6) is 0 Å². The van der Waals surface area contributed by atoms with Crippen molar-refractivity contribution in [3.63, 3.8) is 0 Å². The van der Waals surface area contributed by atoms with E-state index >= 15 is 0 Å². The van der Waals surface area contributed by atoms with E-state index in [0.29, 0.717) is 28.1 Å². The van der Waals surface area contributed by atoms with Crippen LogP contribution in [-0.2, 0) is 6.54 Å². The summed E-state index contributed by atoms with van der Waals surface area (Å²) >= 11 is 0. The van der Waals surface area contributed by atoms with Gasteiger partial charge in [0.25, 0.3) is 0 Å². The first-order valence-corrected chi connectivity index (χ1v) is 9.07. The van der Waals surface area contributed by atoms with E-state index in [1.807, 2.05) is 32.3 Å². The van der Waals surface area contributed by atoms with Crippen molar-refractivity contribution in [3.05, 3.63) is 88.5 Å². The van der Waals surface area contributed by atoms with E-state index in [1.54, 1.807) is 36.4 Å². The van der Waals surface area contributed by atoms with Crippen molar-refractivity contribution < 1.29 is 9.59 Å². The van der Waals surface area contributed by atoms with Crippen LogP contribution in [0.15, 0.2) is 60.7 Å². The topological polar surface area (TPSA) is 75.4 Å². The number of carbonyl (C=O) groups excluding carboxylic acids is 2. The molecular formula is C23H22ClN3O2. The molecule has 0 aliphatic heterocycles. The highest BCUT2D eigenvalue weighted by Gasteiger charge is 2.33. The van der Waals surface area contributed by atoms with E-state index < -0.39 is 0 Å². The van der Waals surface area contributed by atoms with Gasteiger partial charge in [-0.2, -0.15) is 0 Å². The van der Waals surface area contributed by atoms with Gasteiger partial charge in [-0.25, -0.2) is 0 Å². The summed E-state index contributed by atoms with van der Waals surface area (Å²) in [6.07, 6.45) is 0. The Morgan fingerprint density at radius 2 is 1.52 bits per heavy atom. The number of nitrogens with zero attached hydrogens (tertiary/aromatic N) is 1. The van der Waals surface area contributed by atoms with Crippen LogP contribution in [0.25, 0.3) is 0 Å². The number of halogens is 1. The number of ketones is 2. The predicted octanol–water partition coefficient (Wildman–Crippen LogP) is 4.27. The van der Waals surface area contributed by atoms with Crippen LogP contribution in [0.2, 0.25) is 0 Å². The van der Waals surface area contributed by atoms with E-state index in [-0.39, 0.29) is 29.5 Å². The number of benzene rings is 3. The normalized spacial score (nSPS) is 12.2. The van der Waals surface area contributed by atoms with Gasteiger partial charge in [0.15, 0.2) is 11.6 Å². The zero-order chi connectivity index (χ0) is 19.8. The molecule has 0 radical (unpaired) electrons. The predicted molar refractivity (Wildman–Crippen MR) is 119 cm³/mol. The number of fused-ring (bicyclic) bond motifs is 2. The molecule has 1 aliphatic rings. The second-order valence-electron chi connectivity index (χ2n) is 7.22. The molecule has 0 saturated heterocycles. The van der Waals surface area contributed by atoms with Crippen LogP contribution in [0, 0.1) is 0 Å². The minimum atomic E-state index is -0.215. The Morgan fingerprint density at radius 1 is 0.862 bits per heavy atom. The number of nitrogens with two attached hydrogens (primary N) is 1. The van der Waals surface area contributed by atoms with Gasteiger partial charge in [0.05, 0.1) is 16.8 Å². The molecule has 0 atom stereocenters. The summed E-state index contributed by atoms with van der Waals surface area (Å²) in [5.74, 6) is -0.405. The first kappa shape index (κ1) is 20.6. The molecule has 0 aromatic heterocycles. The van der Waals surface area contributed by atoms with Crippen molar-refractivity contribution in [2.75, 3.05) is 25.1 Å². The second kappa shape index (κ2) is 8.07. The third-order valence-corrected chi connectivity index (χ3v) is 4.81. The third-order valence-electron chi connectivity index (χ3n) is 4.81. The summed E-state index contributed by atoms with van der Waals surface area (Å²) < 4.78 is 0. The Bertz CT molecular complexity index is 1110. The van der Waals surface area contributed by atoms with Crippen LogP contribution in [0.3, 0.4) is 0 Å². The molecule has 5 nitrogen and oxygen atoms in total. The maximum atomic E-state index is 13.2. The number of hydrogen-bond donors (Lipinski definition) is 2. The fourth-order valence-corrected chi connectivity index (χ4v) is 3.62. The number of carbonyl (C=O) groups is 2. The molecule has 3 N–H and O–H groups in total. The molecule has 0 amide bonds. The molecule has 0 unspecified atom stereocenters. The lowest BCUT2D eigenvalue weighted by Crippen LogP contribution is -2.23. The Kier molecular flexibility index (Phi) is 5.73. The van der Waals surface area contributed by atoms with Gasteiger partial charge < -0.3 is 16.0 Å². The average molecular weight is 408 g/mol. The molecule has 0 bridgehead atoms. The number of rotatable bonds is 4. The Labute approximate surface area is 175 Å². The largest absolute Gasteiger partial charge is 0.398 e. The van der Waals surface area contributed by atoms with E-state index in [1.165, 1.54) is 0 Å². The lowest BCUT2D eigenvalue weighted by molar-refractivity contribution is 0.0980. The molecule has 148 valence electrons. The fourth-order valence-electron chi connectivity index (χ4n) is 3.62. The first-order chi connectivity index (χ1) is 13.5. The summed E-state index contributed by atoms with van der Waals surface area (Å²) in [5, 5.41) is 3.31. The van der Waals surface area contributed by atoms with Crippen molar-refractivity contribution in [1.82, 2.24) is 4.90 Å². The number of nitrogen functional groups attached to an aromatic ring is 1. The smallest absolute Gasteiger partial charge is 0.196 e. The van der Waals surface area contributed by atoms with Crippen molar-refractivity contribution in [1.29, 1.82) is 0 Å². The van der Waals surface area contributed by atoms with Crippen LogP contribution < -0.4 is 11.1 Å². The fraction of sp³-hybridized carbons (Fsp3) is 0.130. The SMILES string of the molecule is CN(C)Cc1cccc(Nc2ccc(N)c3c2C(=O)c2ccccc2C3=O)c1.Cl. The summed E-state index contributed by atoms with van der Waals surface area (Å²) in [5.41, 5.74) is 10.4. The number of hydrogen-bond acceptors (Lipinski definition) is 5. The van der Waals surface area contributed by atoms with Crippen molar-refractivity contribution in [2.45, 2.75) is 6.54 Å². The Morgan fingerprint density at radius 3 is 2.17 bits per heavy atom. The molecule has 0 spiro atoms. The van der Waals surface area contributed by atoms with Crippen LogP contribution >= 0.6 is 12.4 Å². The Balaban J connectivity index is 0.00000240. The van der Waals surface area contributed by atoms with Gasteiger partial charge >= 0.3 is 0 Å². The van der Waals surface area contributed by atoms with E-state index in [0.717, 1.165) is 17.8 Å². The van der Waals surface area contributed by atoms with Gasteiger partial charge in [-0.05, 0) is 43.9 Å². The number of anilines is 3. The van der Waals surface area contributed by atoms with Gasteiger partial charge in [0, 0.05) is 29.0 Å². The molecule has 29 heavy (non-hydrogen) atoms. The molecule has 0 saturated carbocycles. The molecule has 0 heterocycles. The van der Waals surface area contributed by atoms with Crippen molar-refractivity contribution in [2.24, 2.45) is 0 Å². The second-order valence-corrected chi connectivity index (χ2v) is 7.22. The average Bonchev–Trinajstić information content (AvgIpc) is 2.67. The maximum absolute atomic E-state index is 13.2. The molecule has 4 rings (SSSR count). The van der Waals surface area contributed by atoms with Crippen molar-refractivity contribution >= 4 is 41.0 Å². The van der Waals surface area contributed by atoms with Gasteiger partial charge in [-0.15, -0.1) is 12.4 Å². The summed E-state index contributed by atoms with van der Waals surface area (Å²) in [7, 11) is 4.02. The number of nitrogens with one attached hydrogen (secondary N) is 1. The minimum absolute atomic E-state index is 0. The monoisotopic (exact) mass is 407 g/mol. The van der Waals surface area contributed by atoms with Gasteiger partial charge in [0.2, 0.25) is 0 Å². The van der Waals surface area contributed by atoms with E-state index in [4.69, 9.17) is 5.73 Å². The molecule has 3 aromatic carbocycles. The van der Waals surface area contributed by atoms with Crippen molar-refractivity contribution in [3.8, 4) is 0 Å². The highest BCUT2D eigenvalue weighted by Crippen LogP contribution is 2.36. The highest BCUT2D eigenvalue weighted by atomic mass is 35.5. The van der Waals surface area contributed by atoms with Gasteiger partial charge in [-0.3, -0.25) is 9.59 Å². The first-order valence-electron chi connectivity index (χ1n) is 9.07. The molecule has 3 aromatic rings. The zero-order valence-electron chi connectivity index (χ0n) is 16.2.